The summed E-state index contributed by atoms with van der Waals surface area (Å²) >= 11 is 1.26. The first-order valence-electron chi connectivity index (χ1n) is 10.2. The fourth-order valence-corrected chi connectivity index (χ4v) is 4.98. The molecule has 1 fully saturated rings. The Labute approximate surface area is 179 Å². The van der Waals surface area contributed by atoms with E-state index < -0.39 is 5.91 Å². The highest BCUT2D eigenvalue weighted by atomic mass is 32.1. The summed E-state index contributed by atoms with van der Waals surface area (Å²) in [4.78, 5) is 22.0. The molecule has 4 rings (SSSR count). The molecule has 30 heavy (non-hydrogen) atoms. The first-order chi connectivity index (χ1) is 14.6. The van der Waals surface area contributed by atoms with Crippen LogP contribution in [0.3, 0.4) is 0 Å². The highest BCUT2D eigenvalue weighted by Crippen LogP contribution is 2.38. The molecule has 0 bridgehead atoms. The molecule has 0 radical (unpaired) electrons. The van der Waals surface area contributed by atoms with E-state index >= 15 is 0 Å². The van der Waals surface area contributed by atoms with E-state index in [-0.39, 0.29) is 6.61 Å². The number of primary amides is 1. The molecule has 1 aromatic carbocycles. The average Bonchev–Trinajstić information content (AvgIpc) is 2.94. The van der Waals surface area contributed by atoms with Crippen LogP contribution in [-0.4, -0.2) is 48.8 Å². The zero-order chi connectivity index (χ0) is 21.1. The molecule has 1 amide bonds. The van der Waals surface area contributed by atoms with Gasteiger partial charge in [0.15, 0.2) is 0 Å². The van der Waals surface area contributed by atoms with Crippen LogP contribution < -0.4 is 21.3 Å². The topological polar surface area (TPSA) is 109 Å². The summed E-state index contributed by atoms with van der Waals surface area (Å²) in [6.45, 7) is 3.86. The van der Waals surface area contributed by atoms with Gasteiger partial charge in [-0.1, -0.05) is 12.1 Å². The van der Waals surface area contributed by atoms with Crippen molar-refractivity contribution in [2.75, 3.05) is 48.3 Å². The summed E-state index contributed by atoms with van der Waals surface area (Å²) in [5, 5.41) is 9.83. The smallest absolute Gasteiger partial charge is 0.260 e. The van der Waals surface area contributed by atoms with E-state index in [0.29, 0.717) is 10.6 Å². The maximum Gasteiger partial charge on any atom is 0.260 e. The Morgan fingerprint density at radius 2 is 1.83 bits per heavy atom. The van der Waals surface area contributed by atoms with E-state index in [1.54, 1.807) is 6.20 Å². The van der Waals surface area contributed by atoms with Crippen molar-refractivity contribution in [1.29, 1.82) is 0 Å². The van der Waals surface area contributed by atoms with Crippen molar-refractivity contribution in [2.45, 2.75) is 19.3 Å². The van der Waals surface area contributed by atoms with Crippen molar-refractivity contribution in [1.82, 2.24) is 4.98 Å². The Morgan fingerprint density at radius 3 is 2.57 bits per heavy atom. The third-order valence-corrected chi connectivity index (χ3v) is 6.72. The van der Waals surface area contributed by atoms with E-state index in [1.165, 1.54) is 22.6 Å². The Kier molecular flexibility index (Phi) is 6.06. The fraction of sp³-hybridized carbons (Fsp3) is 0.364. The minimum absolute atomic E-state index is 0.224. The predicted octanol–water partition coefficient (Wildman–Crippen LogP) is 2.62. The molecule has 1 saturated heterocycles. The van der Waals surface area contributed by atoms with Crippen LogP contribution >= 0.6 is 11.3 Å². The van der Waals surface area contributed by atoms with E-state index in [4.69, 9.17) is 16.6 Å². The van der Waals surface area contributed by atoms with E-state index in [1.807, 2.05) is 6.07 Å². The van der Waals surface area contributed by atoms with E-state index in [9.17, 15) is 4.79 Å². The van der Waals surface area contributed by atoms with Gasteiger partial charge >= 0.3 is 0 Å². The lowest BCUT2D eigenvalue weighted by atomic mass is 10.1. The highest BCUT2D eigenvalue weighted by molar-refractivity contribution is 7.21. The van der Waals surface area contributed by atoms with Gasteiger partial charge < -0.3 is 26.4 Å². The Balaban J connectivity index is 1.53. The molecule has 5 N–H and O–H groups in total. The van der Waals surface area contributed by atoms with Gasteiger partial charge in [0.05, 0.1) is 16.8 Å². The molecule has 0 unspecified atom stereocenters. The number of nitrogens with two attached hydrogens (primary N) is 2. The summed E-state index contributed by atoms with van der Waals surface area (Å²) in [6, 6.07) is 10.6. The molecule has 3 aromatic rings. The quantitative estimate of drug-likeness (QED) is 0.560. The van der Waals surface area contributed by atoms with Gasteiger partial charge in [-0.3, -0.25) is 4.79 Å². The SMILES string of the molecule is NC(=O)c1sc2nccc(N3CCCN(c4ccc(CCCO)cc4)CC3)c2c1N. The molecular formula is C22H27N5O2S. The molecule has 1 aliphatic rings. The number of benzene rings is 1. The molecule has 8 heteroatoms. The minimum Gasteiger partial charge on any atom is -0.397 e. The van der Waals surface area contributed by atoms with Crippen LogP contribution in [0.25, 0.3) is 10.2 Å². The number of pyridine rings is 1. The average molecular weight is 426 g/mol. The zero-order valence-electron chi connectivity index (χ0n) is 16.9. The molecule has 0 aliphatic carbocycles. The van der Waals surface area contributed by atoms with Gasteiger partial charge in [-0.05, 0) is 43.0 Å². The number of carbonyl (C=O) groups excluding carboxylic acids is 1. The number of nitrogen functional groups attached to an aromatic ring is 1. The monoisotopic (exact) mass is 425 g/mol. The predicted molar refractivity (Wildman–Crippen MR) is 123 cm³/mol. The number of aromatic nitrogens is 1. The molecule has 2 aromatic heterocycles. The normalized spacial score (nSPS) is 14.8. The van der Waals surface area contributed by atoms with E-state index in [2.05, 4.69) is 39.0 Å². The number of nitrogens with zero attached hydrogens (tertiary/aromatic N) is 3. The third-order valence-electron chi connectivity index (χ3n) is 5.59. The zero-order valence-corrected chi connectivity index (χ0v) is 17.7. The number of aliphatic hydroxyl groups is 1. The van der Waals surface area contributed by atoms with Crippen molar-refractivity contribution < 1.29 is 9.90 Å². The Hall–Kier alpha value is -2.84. The van der Waals surface area contributed by atoms with Crippen LogP contribution in [0.4, 0.5) is 17.1 Å². The standard InChI is InChI=1S/C22H27N5O2S/c23-19-18-17(8-9-25-22(18)30-20(19)21(24)29)27-11-2-10-26(12-13-27)16-6-4-15(5-7-16)3-1-14-28/h4-9,28H,1-3,10-14,23H2,(H2,24,29). The van der Waals surface area contributed by atoms with Crippen LogP contribution in [0.1, 0.15) is 28.1 Å². The number of hydrogen-bond donors (Lipinski definition) is 3. The van der Waals surface area contributed by atoms with Crippen LogP contribution in [0.2, 0.25) is 0 Å². The van der Waals surface area contributed by atoms with Crippen LogP contribution in [0, 0.1) is 0 Å². The Morgan fingerprint density at radius 1 is 1.10 bits per heavy atom. The number of fused-ring (bicyclic) bond motifs is 1. The number of aryl methyl sites for hydroxylation is 1. The number of rotatable bonds is 6. The number of anilines is 3. The molecule has 0 atom stereocenters. The molecule has 0 spiro atoms. The minimum atomic E-state index is -0.508. The second-order valence-electron chi connectivity index (χ2n) is 7.54. The maximum atomic E-state index is 11.7. The van der Waals surface area contributed by atoms with Gasteiger partial charge in [0.25, 0.3) is 5.91 Å². The molecule has 0 saturated carbocycles. The highest BCUT2D eigenvalue weighted by Gasteiger charge is 2.22. The summed E-state index contributed by atoms with van der Waals surface area (Å²) in [6.07, 6.45) is 4.48. The first-order valence-corrected chi connectivity index (χ1v) is 11.1. The second kappa shape index (κ2) is 8.89. The lowest BCUT2D eigenvalue weighted by Gasteiger charge is -2.25. The third kappa shape index (κ3) is 4.06. The summed E-state index contributed by atoms with van der Waals surface area (Å²) < 4.78 is 0. The van der Waals surface area contributed by atoms with Crippen molar-refractivity contribution >= 4 is 44.5 Å². The van der Waals surface area contributed by atoms with Crippen molar-refractivity contribution in [3.05, 3.63) is 47.0 Å². The molecule has 158 valence electrons. The molecule has 1 aliphatic heterocycles. The molecular weight excluding hydrogens is 398 g/mol. The number of aliphatic hydroxyl groups excluding tert-OH is 1. The van der Waals surface area contributed by atoms with Crippen molar-refractivity contribution in [3.8, 4) is 0 Å². The number of amides is 1. The summed E-state index contributed by atoms with van der Waals surface area (Å²) in [7, 11) is 0. The largest absolute Gasteiger partial charge is 0.397 e. The summed E-state index contributed by atoms with van der Waals surface area (Å²) in [5.41, 5.74) is 15.7. The van der Waals surface area contributed by atoms with E-state index in [0.717, 1.165) is 61.3 Å². The van der Waals surface area contributed by atoms with Crippen LogP contribution in [-0.2, 0) is 6.42 Å². The van der Waals surface area contributed by atoms with Gasteiger partial charge in [-0.15, -0.1) is 11.3 Å². The lowest BCUT2D eigenvalue weighted by Crippen LogP contribution is -2.30. The van der Waals surface area contributed by atoms with Crippen LogP contribution in [0.15, 0.2) is 36.5 Å². The number of hydrogen-bond acceptors (Lipinski definition) is 7. The lowest BCUT2D eigenvalue weighted by molar-refractivity contribution is 0.100. The number of carbonyl (C=O) groups is 1. The van der Waals surface area contributed by atoms with Gasteiger partial charge in [-0.25, -0.2) is 4.98 Å². The van der Waals surface area contributed by atoms with Gasteiger partial charge in [0.2, 0.25) is 0 Å². The molecule has 7 nitrogen and oxygen atoms in total. The van der Waals surface area contributed by atoms with Gasteiger partial charge in [-0.2, -0.15) is 0 Å². The first kappa shape index (κ1) is 20.4. The van der Waals surface area contributed by atoms with Gasteiger partial charge in [0, 0.05) is 44.7 Å². The van der Waals surface area contributed by atoms with Gasteiger partial charge in [0.1, 0.15) is 9.71 Å². The number of thiophene rings is 1. The maximum absolute atomic E-state index is 11.7. The van der Waals surface area contributed by atoms with Crippen LogP contribution in [0.5, 0.6) is 0 Å². The second-order valence-corrected chi connectivity index (χ2v) is 8.54. The summed E-state index contributed by atoms with van der Waals surface area (Å²) in [5.74, 6) is -0.508. The Bertz CT molecular complexity index is 1030. The fourth-order valence-electron chi connectivity index (χ4n) is 4.05. The van der Waals surface area contributed by atoms with Crippen molar-refractivity contribution in [2.24, 2.45) is 5.73 Å². The van der Waals surface area contributed by atoms with Crippen molar-refractivity contribution in [3.63, 3.8) is 0 Å². The molecule has 3 heterocycles.